The van der Waals surface area contributed by atoms with E-state index in [1.165, 1.54) is 0 Å². The van der Waals surface area contributed by atoms with Crippen LogP contribution in [0.1, 0.15) is 11.5 Å². The second-order valence-electron chi connectivity index (χ2n) is 3.90. The van der Waals surface area contributed by atoms with Gasteiger partial charge in [0.05, 0.1) is 12.1 Å². The van der Waals surface area contributed by atoms with E-state index in [9.17, 15) is 0 Å². The Balaban J connectivity index is 2.11. The molecule has 3 rings (SSSR count). The zero-order valence-corrected chi connectivity index (χ0v) is 10.1. The Morgan fingerprint density at radius 1 is 1.41 bits per heavy atom. The number of rotatable bonds is 2. The van der Waals surface area contributed by atoms with Gasteiger partial charge in [-0.3, -0.25) is 4.57 Å². The predicted molar refractivity (Wildman–Crippen MR) is 67.5 cm³/mol. The molecule has 0 bridgehead atoms. The molecule has 1 N–H and O–H groups in total. The molecule has 0 fully saturated rings. The standard InChI is InChI=1S/C12H11N3OS/c1-8-4-5-9(16-8)7-15-11-10(14-12(15)17)3-2-6-13-11/h2-6H,7H2,1H3,(H,14,17). The minimum atomic E-state index is 0.601. The lowest BCUT2D eigenvalue weighted by atomic mass is 10.4. The lowest BCUT2D eigenvalue weighted by Gasteiger charge is -2.00. The molecule has 17 heavy (non-hydrogen) atoms. The number of aromatic nitrogens is 3. The van der Waals surface area contributed by atoms with Gasteiger partial charge in [-0.25, -0.2) is 4.98 Å². The number of nitrogens with one attached hydrogen (secondary N) is 1. The summed E-state index contributed by atoms with van der Waals surface area (Å²) in [6.45, 7) is 2.53. The molecule has 0 radical (unpaired) electrons. The maximum Gasteiger partial charge on any atom is 0.179 e. The van der Waals surface area contributed by atoms with Crippen molar-refractivity contribution in [3.05, 3.63) is 46.8 Å². The molecule has 4 nitrogen and oxygen atoms in total. The SMILES string of the molecule is Cc1ccc(Cn2c(=S)[nH]c3cccnc32)o1. The highest BCUT2D eigenvalue weighted by molar-refractivity contribution is 7.71. The minimum absolute atomic E-state index is 0.601. The van der Waals surface area contributed by atoms with Crippen molar-refractivity contribution in [1.29, 1.82) is 0 Å². The molecule has 3 aromatic heterocycles. The molecule has 86 valence electrons. The van der Waals surface area contributed by atoms with Crippen LogP contribution in [0.2, 0.25) is 0 Å². The third-order valence-corrected chi connectivity index (χ3v) is 2.96. The van der Waals surface area contributed by atoms with Gasteiger partial charge >= 0.3 is 0 Å². The zero-order chi connectivity index (χ0) is 11.8. The Morgan fingerprint density at radius 2 is 2.29 bits per heavy atom. The summed E-state index contributed by atoms with van der Waals surface area (Å²) in [7, 11) is 0. The van der Waals surface area contributed by atoms with Gasteiger partial charge in [0, 0.05) is 6.20 Å². The second kappa shape index (κ2) is 3.85. The van der Waals surface area contributed by atoms with E-state index in [1.54, 1.807) is 6.20 Å². The lowest BCUT2D eigenvalue weighted by molar-refractivity contribution is 0.471. The van der Waals surface area contributed by atoms with Crippen molar-refractivity contribution in [1.82, 2.24) is 14.5 Å². The van der Waals surface area contributed by atoms with Gasteiger partial charge in [-0.15, -0.1) is 0 Å². The maximum absolute atomic E-state index is 5.55. The van der Waals surface area contributed by atoms with E-state index in [2.05, 4.69) is 9.97 Å². The van der Waals surface area contributed by atoms with Gasteiger partial charge in [0.2, 0.25) is 0 Å². The molecule has 0 saturated carbocycles. The number of nitrogens with zero attached hydrogens (tertiary/aromatic N) is 2. The highest BCUT2D eigenvalue weighted by Crippen LogP contribution is 2.14. The first-order valence-electron chi connectivity index (χ1n) is 5.33. The quantitative estimate of drug-likeness (QED) is 0.706. The number of aryl methyl sites for hydroxylation is 1. The molecular weight excluding hydrogens is 234 g/mol. The number of furan rings is 1. The number of hydrogen-bond acceptors (Lipinski definition) is 3. The number of imidazole rings is 1. The van der Waals surface area contributed by atoms with Gasteiger partial charge in [-0.1, -0.05) is 0 Å². The predicted octanol–water partition coefficient (Wildman–Crippen LogP) is 3.04. The van der Waals surface area contributed by atoms with Gasteiger partial charge in [-0.2, -0.15) is 0 Å². The molecule has 0 spiro atoms. The highest BCUT2D eigenvalue weighted by atomic mass is 32.1. The van der Waals surface area contributed by atoms with Crippen LogP contribution in [0.15, 0.2) is 34.9 Å². The fourth-order valence-electron chi connectivity index (χ4n) is 1.86. The summed E-state index contributed by atoms with van der Waals surface area (Å²) in [5, 5.41) is 0. The Labute approximate surface area is 103 Å². The van der Waals surface area contributed by atoms with Gasteiger partial charge < -0.3 is 9.40 Å². The van der Waals surface area contributed by atoms with Crippen molar-refractivity contribution in [3.63, 3.8) is 0 Å². The molecular formula is C12H11N3OS. The van der Waals surface area contributed by atoms with Gasteiger partial charge in [0.1, 0.15) is 11.5 Å². The van der Waals surface area contributed by atoms with Crippen LogP contribution in [0.25, 0.3) is 11.2 Å². The largest absolute Gasteiger partial charge is 0.464 e. The first-order chi connectivity index (χ1) is 8.24. The maximum atomic E-state index is 5.55. The van der Waals surface area contributed by atoms with Crippen LogP contribution in [-0.2, 0) is 6.54 Å². The molecule has 0 aromatic carbocycles. The van der Waals surface area contributed by atoms with Crippen LogP contribution in [0.4, 0.5) is 0 Å². The molecule has 0 unspecified atom stereocenters. The van der Waals surface area contributed by atoms with E-state index in [0.717, 1.165) is 22.7 Å². The molecule has 5 heteroatoms. The summed E-state index contributed by atoms with van der Waals surface area (Å²) in [6.07, 6.45) is 1.76. The number of hydrogen-bond donors (Lipinski definition) is 1. The smallest absolute Gasteiger partial charge is 0.179 e. The van der Waals surface area contributed by atoms with E-state index in [-0.39, 0.29) is 0 Å². The number of fused-ring (bicyclic) bond motifs is 1. The van der Waals surface area contributed by atoms with E-state index in [0.29, 0.717) is 11.3 Å². The van der Waals surface area contributed by atoms with Crippen LogP contribution in [0.3, 0.4) is 0 Å². The summed E-state index contributed by atoms with van der Waals surface area (Å²) >= 11 is 5.28. The second-order valence-corrected chi connectivity index (χ2v) is 4.29. The molecule has 0 amide bonds. The zero-order valence-electron chi connectivity index (χ0n) is 9.30. The van der Waals surface area contributed by atoms with Crippen LogP contribution in [0, 0.1) is 11.7 Å². The van der Waals surface area contributed by atoms with E-state index < -0.39 is 0 Å². The Hall–Kier alpha value is -1.88. The van der Waals surface area contributed by atoms with Crippen molar-refractivity contribution in [2.24, 2.45) is 0 Å². The first kappa shape index (κ1) is 10.3. The normalized spacial score (nSPS) is 11.1. The van der Waals surface area contributed by atoms with Gasteiger partial charge in [-0.05, 0) is 43.4 Å². The minimum Gasteiger partial charge on any atom is -0.464 e. The monoisotopic (exact) mass is 245 g/mol. The average Bonchev–Trinajstić information content (AvgIpc) is 2.85. The highest BCUT2D eigenvalue weighted by Gasteiger charge is 2.07. The van der Waals surface area contributed by atoms with Crippen molar-refractivity contribution >= 4 is 23.4 Å². The molecule has 0 atom stereocenters. The third-order valence-electron chi connectivity index (χ3n) is 2.64. The molecule has 0 aliphatic carbocycles. The summed E-state index contributed by atoms with van der Waals surface area (Å²) in [5.74, 6) is 1.78. The van der Waals surface area contributed by atoms with Crippen molar-refractivity contribution in [3.8, 4) is 0 Å². The number of H-pyrrole nitrogens is 1. The molecule has 0 aliphatic heterocycles. The van der Waals surface area contributed by atoms with E-state index >= 15 is 0 Å². The van der Waals surface area contributed by atoms with Crippen LogP contribution >= 0.6 is 12.2 Å². The summed E-state index contributed by atoms with van der Waals surface area (Å²) in [4.78, 5) is 7.46. The van der Waals surface area contributed by atoms with Crippen molar-refractivity contribution < 1.29 is 4.42 Å². The fourth-order valence-corrected chi connectivity index (χ4v) is 2.12. The van der Waals surface area contributed by atoms with Crippen molar-refractivity contribution in [2.75, 3.05) is 0 Å². The average molecular weight is 245 g/mol. The topological polar surface area (TPSA) is 46.8 Å². The first-order valence-corrected chi connectivity index (χ1v) is 5.74. The molecule has 0 aliphatic rings. The van der Waals surface area contributed by atoms with Crippen LogP contribution < -0.4 is 0 Å². The summed E-state index contributed by atoms with van der Waals surface area (Å²) in [6, 6.07) is 7.75. The van der Waals surface area contributed by atoms with Gasteiger partial charge in [0.15, 0.2) is 10.4 Å². The Kier molecular flexibility index (Phi) is 2.33. The molecule has 0 saturated heterocycles. The Bertz CT molecular complexity index is 723. The number of pyridine rings is 1. The summed E-state index contributed by atoms with van der Waals surface area (Å²) in [5.41, 5.74) is 1.80. The molecule has 3 aromatic rings. The lowest BCUT2D eigenvalue weighted by Crippen LogP contribution is -1.99. The van der Waals surface area contributed by atoms with Crippen LogP contribution in [0.5, 0.6) is 0 Å². The van der Waals surface area contributed by atoms with Crippen LogP contribution in [-0.4, -0.2) is 14.5 Å². The van der Waals surface area contributed by atoms with Gasteiger partial charge in [0.25, 0.3) is 0 Å². The van der Waals surface area contributed by atoms with E-state index in [4.69, 9.17) is 16.6 Å². The molecule has 3 heterocycles. The summed E-state index contributed by atoms with van der Waals surface area (Å²) < 4.78 is 8.15. The third kappa shape index (κ3) is 1.78. The number of aromatic amines is 1. The van der Waals surface area contributed by atoms with Crippen molar-refractivity contribution in [2.45, 2.75) is 13.5 Å². The van der Waals surface area contributed by atoms with E-state index in [1.807, 2.05) is 35.8 Å². The Morgan fingerprint density at radius 3 is 3.06 bits per heavy atom. The fraction of sp³-hybridized carbons (Fsp3) is 0.167.